The largest absolute Gasteiger partial charge is 0.400 e. The molecular weight excluding hydrogens is 1620 g/mol. The van der Waals surface area contributed by atoms with Crippen molar-refractivity contribution in [2.45, 2.75) is 104 Å². The molecule has 0 atom stereocenters. The summed E-state index contributed by atoms with van der Waals surface area (Å²) in [5.41, 5.74) is 11.5. The highest BCUT2D eigenvalue weighted by Gasteiger charge is 2.29. The summed E-state index contributed by atoms with van der Waals surface area (Å²) in [7, 11) is 9.22. The molecule has 4 aliphatic carbocycles. The number of H-pyrrole nitrogens is 3. The SMILES string of the molecule is C.C.CC#N.CCO.CO.ClCl.NC1CC1.Nc1cncc(Cl)c1NC1CC1.O=P(Cl)(Cl)Cl.O=[N+]([O-])c1cncc(Cl)c1Cl.O=[N+]([O-])c1cncc(Cl)c1NC1CC1.O=c1[nH]c2cncc(Cl)c2n1C1CC1.O=c1c(Cl)c[nH]cc1[N+](=O)[O-].O=c1cc[nH]cc1[N+](=O)[O-].[2H]CI. The van der Waals surface area contributed by atoms with Crippen LogP contribution in [-0.4, -0.2) is 106 Å². The molecule has 31 nitrogen and oxygen atoms in total. The summed E-state index contributed by atoms with van der Waals surface area (Å²) in [6, 6.07) is 4.66. The van der Waals surface area contributed by atoms with E-state index in [9.17, 15) is 59.4 Å². The number of aliphatic hydroxyl groups is 2. The van der Waals surface area contributed by atoms with Gasteiger partial charge in [0.05, 0.1) is 93.0 Å². The molecule has 4 fully saturated rings. The Morgan fingerprint density at radius 1 is 0.695 bits per heavy atom. The number of nitrogen functional groups attached to an aromatic ring is 1. The number of hydrogen-bond donors (Lipinski definition) is 9. The van der Waals surface area contributed by atoms with E-state index in [0.29, 0.717) is 55.5 Å². The van der Waals surface area contributed by atoms with Crippen LogP contribution in [0.3, 0.4) is 0 Å². The van der Waals surface area contributed by atoms with Crippen LogP contribution in [-0.2, 0) is 4.57 Å². The number of nitrogens with one attached hydrogen (secondary N) is 5. The number of fused-ring (bicyclic) bond motifs is 1. The number of alkyl halides is 1. The predicted molar refractivity (Wildman–Crippen MR) is 390 cm³/mol. The number of nitriles is 1. The smallest absolute Gasteiger partial charge is 0.339 e. The first-order chi connectivity index (χ1) is 44.3. The van der Waals surface area contributed by atoms with Gasteiger partial charge in [0.2, 0.25) is 0 Å². The van der Waals surface area contributed by atoms with Crippen LogP contribution in [0, 0.1) is 51.8 Å². The maximum Gasteiger partial charge on any atom is 0.339 e. The first-order valence-electron chi connectivity index (χ1n) is 26.0. The molecule has 4 aliphatic rings. The fourth-order valence-electron chi connectivity index (χ4n) is 5.66. The standard InChI is InChI=1S/C9H8ClN3O.C8H8ClN3O2.C8H10ClN3.C5H2Cl2N2O2.C5H3ClN2O3.C5H4N2O3.C3H7N.C2H3N.C2H6O.CH3I.CH4O.2CH4.Cl3OP.Cl2/c10-6-3-11-4-7-8(6)13(5-1-2-5)9(14)12-7;9-6-3-10-4-7(12(13)14)8(6)11-5-1-2-5;9-6-3-11-4-7(10)8(6)12-5-1-2-5;6-3-1-8-2-4(5(3)7)9(10)11;6-3-1-7-2-4(5(3)9)8(10)11;8-5-1-2-6-3-4(5)7(9)10;4-3-1-2-3;2*1-2-3;2*1-2;;;1-5(2,3)4;1-2/h3-5H,1-2H2,(H,12,14);3-5H,1-2H2,(H,10,11);3-5H,1-2,10H2,(H,11,12);1-2H;1-2H,(H,7,9);1-3H,(H,6,8);3H,1-2,4H2;1H3;3H,2H2,1H3;1H3;2H,1H3;2*1H4;;/i;;;;;;;;;1D;;;;;. The van der Waals surface area contributed by atoms with E-state index in [1.54, 1.807) is 42.3 Å². The fourth-order valence-corrected chi connectivity index (χ4v) is 6.82. The predicted octanol–water partition coefficient (Wildman–Crippen LogP) is 16.1. The van der Waals surface area contributed by atoms with Gasteiger partial charge in [0.1, 0.15) is 28.1 Å². The Hall–Kier alpha value is -5.71. The average molecular weight is 1690 g/mol. The zero-order chi connectivity index (χ0) is 72.4. The molecule has 7 aromatic heterocycles. The first-order valence-corrected chi connectivity index (χ1v) is 34.7. The van der Waals surface area contributed by atoms with Gasteiger partial charge in [0.25, 0.3) is 10.9 Å². The third-order valence-electron chi connectivity index (χ3n) is 10.1. The maximum absolute atomic E-state index is 11.6. The van der Waals surface area contributed by atoms with E-state index in [1.807, 2.05) is 22.6 Å². The van der Waals surface area contributed by atoms with Crippen molar-refractivity contribution in [3.63, 3.8) is 0 Å². The minimum absolute atomic E-state index is 0. The fraction of sp³-hybridized carbons (Fsp3) is 0.373. The highest BCUT2D eigenvalue weighted by molar-refractivity contribution is 14.1. The number of rotatable bonds is 9. The second-order valence-corrected chi connectivity index (χ2v) is 26.2. The second kappa shape index (κ2) is 52.4. The van der Waals surface area contributed by atoms with Crippen LogP contribution in [0.2, 0.25) is 30.1 Å². The Kier molecular flexibility index (Phi) is 51.6. The number of aromatic nitrogens is 8. The van der Waals surface area contributed by atoms with Gasteiger partial charge in [-0.1, -0.05) is 107 Å². The number of anilines is 3. The number of pyridine rings is 6. The van der Waals surface area contributed by atoms with Crippen LogP contribution >= 0.6 is 153 Å². The van der Waals surface area contributed by atoms with Crippen molar-refractivity contribution >= 4 is 204 Å². The van der Waals surface area contributed by atoms with Crippen LogP contribution in [0.4, 0.5) is 39.8 Å². The van der Waals surface area contributed by atoms with Gasteiger partial charge in [0, 0.05) is 111 Å². The van der Waals surface area contributed by atoms with Gasteiger partial charge in [-0.2, -0.15) is 5.26 Å². The summed E-state index contributed by atoms with van der Waals surface area (Å²) in [6.45, 7) is 3.36. The van der Waals surface area contributed by atoms with E-state index < -0.39 is 47.1 Å². The van der Waals surface area contributed by atoms with Crippen LogP contribution in [0.5, 0.6) is 0 Å². The van der Waals surface area contributed by atoms with Crippen LogP contribution in [0.25, 0.3) is 11.0 Å². The van der Waals surface area contributed by atoms with E-state index in [0.717, 1.165) is 74.2 Å². The quantitative estimate of drug-likeness (QED) is 0.0213. The number of imidazole rings is 1. The van der Waals surface area contributed by atoms with Crippen molar-refractivity contribution in [1.29, 1.82) is 5.26 Å². The van der Waals surface area contributed by atoms with Gasteiger partial charge in [-0.05, 0) is 96.9 Å². The van der Waals surface area contributed by atoms with Crippen LogP contribution < -0.4 is 38.6 Å². The molecule has 95 heavy (non-hydrogen) atoms. The van der Waals surface area contributed by atoms with Crippen LogP contribution in [0.15, 0.2) is 94.8 Å². The molecule has 0 spiro atoms. The van der Waals surface area contributed by atoms with Gasteiger partial charge in [-0.3, -0.25) is 79.1 Å². The minimum Gasteiger partial charge on any atom is -0.400 e. The van der Waals surface area contributed by atoms with E-state index in [1.165, 1.54) is 63.6 Å². The van der Waals surface area contributed by atoms with E-state index in [2.05, 4.69) is 101 Å². The number of halogens is 12. The van der Waals surface area contributed by atoms with Crippen molar-refractivity contribution in [3.8, 4) is 6.07 Å². The molecule has 0 aliphatic heterocycles. The summed E-state index contributed by atoms with van der Waals surface area (Å²) >= 11 is 49.8. The zero-order valence-corrected chi connectivity index (χ0v) is 59.7. The van der Waals surface area contributed by atoms with E-state index in [4.69, 9.17) is 97.9 Å². The average Bonchev–Trinajstić information content (AvgIpc) is 1.61. The van der Waals surface area contributed by atoms with Gasteiger partial charge in [-0.15, -0.1) is 0 Å². The summed E-state index contributed by atoms with van der Waals surface area (Å²) in [6.07, 6.45) is 25.0. The highest BCUT2D eigenvalue weighted by Crippen LogP contribution is 2.61. The van der Waals surface area contributed by atoms with Crippen molar-refractivity contribution in [2.24, 2.45) is 5.73 Å². The number of nitrogens with two attached hydrogens (primary N) is 2. The molecule has 0 amide bonds. The lowest BCUT2D eigenvalue weighted by Crippen LogP contribution is -2.15. The molecule has 0 unspecified atom stereocenters. The molecule has 7 aromatic rings. The van der Waals surface area contributed by atoms with E-state index >= 15 is 0 Å². The minimum atomic E-state index is -3.22. The molecule has 0 saturated heterocycles. The molecule has 11 N–H and O–H groups in total. The number of aromatic amines is 3. The zero-order valence-electron chi connectivity index (χ0n) is 49.3. The Balaban J connectivity index is -0.000000497. The summed E-state index contributed by atoms with van der Waals surface area (Å²) in [4.78, 5) is 94.4. The molecule has 0 bridgehead atoms. The Labute approximate surface area is 612 Å². The monoisotopic (exact) mass is 1680 g/mol. The molecule has 0 radical (unpaired) electrons. The van der Waals surface area contributed by atoms with Gasteiger partial charge in [0.15, 0.2) is 0 Å². The normalized spacial score (nSPS) is 12.2. The maximum atomic E-state index is 11.6. The third-order valence-corrected chi connectivity index (χ3v) is 12.0. The Bertz CT molecular complexity index is 3720. The van der Waals surface area contributed by atoms with Crippen molar-refractivity contribution < 1.29 is 35.8 Å². The Morgan fingerprint density at radius 2 is 1.08 bits per heavy atom. The lowest BCUT2D eigenvalue weighted by atomic mass is 10.3. The molecule has 11 rings (SSSR count). The summed E-state index contributed by atoms with van der Waals surface area (Å²) in [5.74, 6) is 0. The lowest BCUT2D eigenvalue weighted by Gasteiger charge is -2.08. The van der Waals surface area contributed by atoms with Crippen molar-refractivity contribution in [1.82, 2.24) is 39.5 Å². The van der Waals surface area contributed by atoms with Crippen molar-refractivity contribution in [2.75, 3.05) is 35.0 Å². The molecule has 7 heterocycles. The molecular formula is C51H66Cl11IN17O14P. The first kappa shape index (κ1) is 93.5. The number of nitrogens with zero attached hydrogens (tertiary/aromatic N) is 10. The van der Waals surface area contributed by atoms with Crippen molar-refractivity contribution in [3.05, 3.63) is 182 Å². The topological polar surface area (TPSA) is 485 Å². The van der Waals surface area contributed by atoms with Gasteiger partial charge >= 0.3 is 33.6 Å². The Morgan fingerprint density at radius 3 is 1.46 bits per heavy atom. The number of aliphatic hydroxyl groups excluding tert-OH is 2. The highest BCUT2D eigenvalue weighted by atomic mass is 127. The van der Waals surface area contributed by atoms with Crippen LogP contribution in [0.1, 0.15) is 87.5 Å². The van der Waals surface area contributed by atoms with E-state index in [-0.39, 0.29) is 53.6 Å². The molecule has 528 valence electrons. The molecule has 4 saturated carbocycles. The number of hydrogen-bond acceptors (Lipinski definition) is 23. The van der Waals surface area contributed by atoms with Gasteiger partial charge < -0.3 is 47.3 Å². The summed E-state index contributed by atoms with van der Waals surface area (Å²) in [5, 5.41) is 67.1. The summed E-state index contributed by atoms with van der Waals surface area (Å²) < 4.78 is 17.4. The lowest BCUT2D eigenvalue weighted by molar-refractivity contribution is -0.386. The molecule has 0 aromatic carbocycles. The molecule has 44 heteroatoms. The second-order valence-electron chi connectivity index (χ2n) is 17.2. The number of nitro groups is 4. The van der Waals surface area contributed by atoms with Gasteiger partial charge in [-0.25, -0.2) is 4.79 Å². The third kappa shape index (κ3) is 40.6.